The lowest BCUT2D eigenvalue weighted by Crippen LogP contribution is -2.22. The number of carbonyl (C=O) groups is 3. The molecule has 3 aromatic rings. The number of H-pyrrole nitrogens is 1. The number of Topliss-reactive ketones (excluding diaryl/α,β-unsaturated/α-hetero) is 1. The Kier molecular flexibility index (Phi) is 6.69. The van der Waals surface area contributed by atoms with Gasteiger partial charge in [-0.2, -0.15) is 0 Å². The van der Waals surface area contributed by atoms with Crippen molar-refractivity contribution in [2.24, 2.45) is 0 Å². The fraction of sp³-hybridized carbons (Fsp3) is 0.227. The normalized spacial score (nSPS) is 10.6. The Morgan fingerprint density at radius 3 is 2.60 bits per heavy atom. The number of aromatic amines is 1. The van der Waals surface area contributed by atoms with E-state index >= 15 is 0 Å². The number of anilines is 1. The van der Waals surface area contributed by atoms with Crippen LogP contribution in [0.2, 0.25) is 0 Å². The van der Waals surface area contributed by atoms with Gasteiger partial charge in [0.05, 0.1) is 16.6 Å². The van der Waals surface area contributed by atoms with Crippen molar-refractivity contribution in [3.63, 3.8) is 0 Å². The second-order valence-corrected chi connectivity index (χ2v) is 6.69. The van der Waals surface area contributed by atoms with Crippen LogP contribution in [0.3, 0.4) is 0 Å². The predicted octanol–water partition coefficient (Wildman–Crippen LogP) is 2.63. The minimum atomic E-state index is -0.534. The Balaban J connectivity index is 1.46. The third-order valence-electron chi connectivity index (χ3n) is 4.40. The molecule has 2 N–H and O–H groups in total. The molecule has 2 aromatic carbocycles. The quantitative estimate of drug-likeness (QED) is 0.438. The van der Waals surface area contributed by atoms with Crippen LogP contribution in [0.5, 0.6) is 0 Å². The Labute approximate surface area is 172 Å². The monoisotopic (exact) mass is 407 g/mol. The van der Waals surface area contributed by atoms with E-state index in [1.54, 1.807) is 48.5 Å². The van der Waals surface area contributed by atoms with Gasteiger partial charge in [0.15, 0.2) is 12.4 Å². The highest BCUT2D eigenvalue weighted by Crippen LogP contribution is 2.15. The molecule has 0 unspecified atom stereocenters. The first-order valence-electron chi connectivity index (χ1n) is 9.47. The molecule has 0 aliphatic heterocycles. The summed E-state index contributed by atoms with van der Waals surface area (Å²) in [4.78, 5) is 54.6. The summed E-state index contributed by atoms with van der Waals surface area (Å²) < 4.78 is 4.98. The minimum absolute atomic E-state index is 0.0772. The van der Waals surface area contributed by atoms with Gasteiger partial charge in [0, 0.05) is 18.4 Å². The van der Waals surface area contributed by atoms with Crippen LogP contribution < -0.4 is 10.9 Å². The van der Waals surface area contributed by atoms with Crippen molar-refractivity contribution in [2.45, 2.75) is 26.2 Å². The van der Waals surface area contributed by atoms with E-state index in [0.717, 1.165) is 0 Å². The SMILES string of the molecule is CC(=O)c1ccccc1NC(=O)COC(=O)CCCc1nc2ccccc2c(=O)[nH]1. The van der Waals surface area contributed by atoms with E-state index in [-0.39, 0.29) is 17.8 Å². The van der Waals surface area contributed by atoms with E-state index in [2.05, 4.69) is 15.3 Å². The number of para-hydroxylation sites is 2. The highest BCUT2D eigenvalue weighted by Gasteiger charge is 2.12. The lowest BCUT2D eigenvalue weighted by Gasteiger charge is -2.09. The molecule has 1 amide bonds. The van der Waals surface area contributed by atoms with Crippen molar-refractivity contribution < 1.29 is 19.1 Å². The van der Waals surface area contributed by atoms with Crippen LogP contribution in [-0.4, -0.2) is 34.2 Å². The highest BCUT2D eigenvalue weighted by molar-refractivity contribution is 6.04. The van der Waals surface area contributed by atoms with Gasteiger partial charge in [-0.1, -0.05) is 24.3 Å². The minimum Gasteiger partial charge on any atom is -0.456 e. The van der Waals surface area contributed by atoms with Crippen LogP contribution in [-0.2, 0) is 20.7 Å². The molecule has 0 spiro atoms. The number of amides is 1. The number of benzene rings is 2. The van der Waals surface area contributed by atoms with Crippen LogP contribution in [0.1, 0.15) is 35.9 Å². The fourth-order valence-corrected chi connectivity index (χ4v) is 2.96. The Hall–Kier alpha value is -3.81. The fourth-order valence-electron chi connectivity index (χ4n) is 2.96. The van der Waals surface area contributed by atoms with Gasteiger partial charge in [-0.15, -0.1) is 0 Å². The molecule has 1 heterocycles. The van der Waals surface area contributed by atoms with Crippen molar-refractivity contribution in [1.82, 2.24) is 9.97 Å². The van der Waals surface area contributed by atoms with Gasteiger partial charge in [0.2, 0.25) is 0 Å². The number of hydrogen-bond donors (Lipinski definition) is 2. The first-order chi connectivity index (χ1) is 14.4. The third kappa shape index (κ3) is 5.38. The largest absolute Gasteiger partial charge is 0.456 e. The Morgan fingerprint density at radius 1 is 1.07 bits per heavy atom. The lowest BCUT2D eigenvalue weighted by molar-refractivity contribution is -0.147. The van der Waals surface area contributed by atoms with Gasteiger partial charge in [0.25, 0.3) is 11.5 Å². The van der Waals surface area contributed by atoms with Gasteiger partial charge < -0.3 is 15.0 Å². The number of aromatic nitrogens is 2. The Morgan fingerprint density at radius 2 is 1.80 bits per heavy atom. The smallest absolute Gasteiger partial charge is 0.306 e. The number of carbonyl (C=O) groups excluding carboxylic acids is 3. The number of ketones is 1. The van der Waals surface area contributed by atoms with Crippen molar-refractivity contribution in [1.29, 1.82) is 0 Å². The van der Waals surface area contributed by atoms with Crippen molar-refractivity contribution in [3.05, 3.63) is 70.3 Å². The van der Waals surface area contributed by atoms with Crippen LogP contribution in [0, 0.1) is 0 Å². The molecule has 0 atom stereocenters. The van der Waals surface area contributed by atoms with Gasteiger partial charge in [-0.3, -0.25) is 19.2 Å². The molecule has 0 fully saturated rings. The van der Waals surface area contributed by atoms with Crippen LogP contribution in [0.25, 0.3) is 10.9 Å². The van der Waals surface area contributed by atoms with Gasteiger partial charge in [-0.25, -0.2) is 4.98 Å². The van der Waals surface area contributed by atoms with Crippen molar-refractivity contribution in [2.75, 3.05) is 11.9 Å². The zero-order chi connectivity index (χ0) is 21.5. The maximum absolute atomic E-state index is 12.0. The average Bonchev–Trinajstić information content (AvgIpc) is 2.72. The first-order valence-corrected chi connectivity index (χ1v) is 9.47. The highest BCUT2D eigenvalue weighted by atomic mass is 16.5. The molecule has 0 aliphatic carbocycles. The molecule has 0 saturated carbocycles. The molecule has 154 valence electrons. The molecule has 0 saturated heterocycles. The number of rotatable bonds is 8. The number of ether oxygens (including phenoxy) is 1. The van der Waals surface area contributed by atoms with E-state index in [9.17, 15) is 19.2 Å². The van der Waals surface area contributed by atoms with Gasteiger partial charge in [0.1, 0.15) is 5.82 Å². The molecule has 3 rings (SSSR count). The standard InChI is InChI=1S/C22H21N3O5/c1-14(26)15-7-2-4-9-17(15)24-20(27)13-30-21(28)12-6-11-19-23-18-10-5-3-8-16(18)22(29)25-19/h2-5,7-10H,6,11-13H2,1H3,(H,24,27)(H,23,25,29). The summed E-state index contributed by atoms with van der Waals surface area (Å²) in [6.07, 6.45) is 0.885. The van der Waals surface area contributed by atoms with E-state index in [1.807, 2.05) is 0 Å². The molecule has 1 aromatic heterocycles. The summed E-state index contributed by atoms with van der Waals surface area (Å²) in [5.41, 5.74) is 1.13. The first kappa shape index (κ1) is 20.9. The number of nitrogens with zero attached hydrogens (tertiary/aromatic N) is 1. The Bertz CT molecular complexity index is 1150. The summed E-state index contributed by atoms with van der Waals surface area (Å²) in [7, 11) is 0. The van der Waals surface area contributed by atoms with E-state index < -0.39 is 18.5 Å². The number of hydrogen-bond acceptors (Lipinski definition) is 6. The summed E-state index contributed by atoms with van der Waals surface area (Å²) in [6.45, 7) is 0.957. The molecule has 8 nitrogen and oxygen atoms in total. The molecule has 0 bridgehead atoms. The number of nitrogens with one attached hydrogen (secondary N) is 2. The predicted molar refractivity (Wildman–Crippen MR) is 111 cm³/mol. The number of fused-ring (bicyclic) bond motifs is 1. The van der Waals surface area contributed by atoms with Gasteiger partial charge in [-0.05, 0) is 37.6 Å². The summed E-state index contributed by atoms with van der Waals surface area (Å²) in [6, 6.07) is 13.6. The average molecular weight is 407 g/mol. The van der Waals surface area contributed by atoms with Crippen molar-refractivity contribution >= 4 is 34.3 Å². The topological polar surface area (TPSA) is 118 Å². The number of esters is 1. The molecule has 0 aliphatic rings. The van der Waals surface area contributed by atoms with E-state index in [0.29, 0.717) is 40.8 Å². The van der Waals surface area contributed by atoms with Crippen molar-refractivity contribution in [3.8, 4) is 0 Å². The van der Waals surface area contributed by atoms with Crippen LogP contribution >= 0.6 is 0 Å². The molecular weight excluding hydrogens is 386 g/mol. The van der Waals surface area contributed by atoms with E-state index in [1.165, 1.54) is 6.92 Å². The number of aryl methyl sites for hydroxylation is 1. The maximum atomic E-state index is 12.0. The summed E-state index contributed by atoms with van der Waals surface area (Å²) >= 11 is 0. The molecular formula is C22H21N3O5. The molecule has 8 heteroatoms. The zero-order valence-corrected chi connectivity index (χ0v) is 16.4. The third-order valence-corrected chi connectivity index (χ3v) is 4.40. The van der Waals surface area contributed by atoms with Gasteiger partial charge >= 0.3 is 5.97 Å². The summed E-state index contributed by atoms with van der Waals surface area (Å²) in [5, 5.41) is 3.08. The zero-order valence-electron chi connectivity index (χ0n) is 16.4. The summed E-state index contributed by atoms with van der Waals surface area (Å²) in [5.74, 6) is -0.751. The molecule has 0 radical (unpaired) electrons. The lowest BCUT2D eigenvalue weighted by atomic mass is 10.1. The van der Waals surface area contributed by atoms with Crippen LogP contribution in [0.15, 0.2) is 53.3 Å². The second kappa shape index (κ2) is 9.60. The maximum Gasteiger partial charge on any atom is 0.306 e. The second-order valence-electron chi connectivity index (χ2n) is 6.69. The molecule has 30 heavy (non-hydrogen) atoms. The van der Waals surface area contributed by atoms with E-state index in [4.69, 9.17) is 4.74 Å². The van der Waals surface area contributed by atoms with Crippen LogP contribution in [0.4, 0.5) is 5.69 Å².